The third kappa shape index (κ3) is 3.23. The molecule has 5 nitrogen and oxygen atoms in total. The second-order valence-electron chi connectivity index (χ2n) is 7.63. The second kappa shape index (κ2) is 7.48. The van der Waals surface area contributed by atoms with E-state index >= 15 is 0 Å². The van der Waals surface area contributed by atoms with Crippen LogP contribution in [0.4, 0.5) is 8.78 Å². The summed E-state index contributed by atoms with van der Waals surface area (Å²) in [6, 6.07) is 18.1. The Morgan fingerprint density at radius 1 is 1.00 bits per heavy atom. The molecular weight excluding hydrogens is 380 g/mol. The molecular formula is C22H23F2NO4. The van der Waals surface area contributed by atoms with Crippen molar-refractivity contribution in [1.29, 1.82) is 0 Å². The molecule has 2 aliphatic rings. The molecule has 2 saturated heterocycles. The number of hydrogen-bond donors (Lipinski definition) is 1. The van der Waals surface area contributed by atoms with Crippen molar-refractivity contribution in [3.8, 4) is 0 Å². The fraction of sp³-hybridized carbons (Fsp3) is 0.409. The van der Waals surface area contributed by atoms with Crippen molar-refractivity contribution < 1.29 is 28.2 Å². The van der Waals surface area contributed by atoms with E-state index in [2.05, 4.69) is 0 Å². The molecule has 0 aromatic heterocycles. The zero-order valence-electron chi connectivity index (χ0n) is 16.0. The molecule has 154 valence electrons. The molecule has 2 heterocycles. The van der Waals surface area contributed by atoms with Crippen LogP contribution in [0.15, 0.2) is 60.7 Å². The largest absolute Gasteiger partial charge is 0.365 e. The highest BCUT2D eigenvalue weighted by molar-refractivity contribution is 5.86. The summed E-state index contributed by atoms with van der Waals surface area (Å²) >= 11 is 0. The number of alkyl halides is 2. The first-order valence-corrected chi connectivity index (χ1v) is 9.58. The van der Waals surface area contributed by atoms with Crippen LogP contribution in [-0.2, 0) is 27.5 Å². The Bertz CT molecular complexity index is 864. The lowest BCUT2D eigenvalue weighted by molar-refractivity contribution is -0.267. The van der Waals surface area contributed by atoms with Crippen molar-refractivity contribution in [3.63, 3.8) is 0 Å². The first kappa shape index (κ1) is 19.9. The Labute approximate surface area is 167 Å². The Kier molecular flexibility index (Phi) is 5.14. The van der Waals surface area contributed by atoms with E-state index in [1.165, 1.54) is 6.92 Å². The Balaban J connectivity index is 1.61. The van der Waals surface area contributed by atoms with E-state index in [0.29, 0.717) is 0 Å². The summed E-state index contributed by atoms with van der Waals surface area (Å²) in [4.78, 5) is 13.7. The van der Waals surface area contributed by atoms with Gasteiger partial charge in [-0.05, 0) is 11.1 Å². The van der Waals surface area contributed by atoms with Crippen molar-refractivity contribution in [2.24, 2.45) is 5.92 Å². The maximum Gasteiger partial charge on any atom is 0.301 e. The van der Waals surface area contributed by atoms with Gasteiger partial charge in [-0.2, -0.15) is 0 Å². The average molecular weight is 403 g/mol. The smallest absolute Gasteiger partial charge is 0.301 e. The quantitative estimate of drug-likeness (QED) is 0.806. The topological polar surface area (TPSA) is 59.0 Å². The van der Waals surface area contributed by atoms with E-state index in [1.54, 1.807) is 24.3 Å². The average Bonchev–Trinajstić information content (AvgIpc) is 3.05. The number of rotatable bonds is 6. The number of fused-ring (bicyclic) bond motifs is 1. The summed E-state index contributed by atoms with van der Waals surface area (Å²) in [6.07, 6.45) is -2.83. The zero-order valence-corrected chi connectivity index (χ0v) is 16.0. The number of hydrogen-bond acceptors (Lipinski definition) is 4. The van der Waals surface area contributed by atoms with E-state index in [1.807, 2.05) is 36.4 Å². The summed E-state index contributed by atoms with van der Waals surface area (Å²) < 4.78 is 41.4. The predicted molar refractivity (Wildman–Crippen MR) is 101 cm³/mol. The standard InChI is InChI=1S/C22H23F2NO4/c1-15-12-25-20(26)18(28-13-16-8-4-2-5-9-16)19(22(25,27)21(15,23)24)29-14-17-10-6-3-7-11-17/h2-11,15,18-19,27H,12-14H2,1H3/t15-,18+,19+,22+/m0/s1. The van der Waals surface area contributed by atoms with Crippen molar-refractivity contribution >= 4 is 5.91 Å². The molecule has 2 aromatic rings. The van der Waals surface area contributed by atoms with Gasteiger partial charge in [0.25, 0.3) is 5.91 Å². The molecule has 0 radical (unpaired) electrons. The predicted octanol–water partition coefficient (Wildman–Crippen LogP) is 2.97. The first-order valence-electron chi connectivity index (χ1n) is 9.58. The van der Waals surface area contributed by atoms with Gasteiger partial charge in [0.15, 0.2) is 6.10 Å². The second-order valence-corrected chi connectivity index (χ2v) is 7.63. The fourth-order valence-corrected chi connectivity index (χ4v) is 4.05. The molecule has 0 saturated carbocycles. The molecule has 1 amide bonds. The maximum absolute atomic E-state index is 15.0. The molecule has 7 heteroatoms. The van der Waals surface area contributed by atoms with Gasteiger partial charge in [0, 0.05) is 12.5 Å². The van der Waals surface area contributed by atoms with E-state index in [9.17, 15) is 18.7 Å². The molecule has 2 fully saturated rings. The molecule has 0 spiro atoms. The lowest BCUT2D eigenvalue weighted by atomic mass is 9.93. The third-order valence-corrected chi connectivity index (χ3v) is 5.70. The van der Waals surface area contributed by atoms with Gasteiger partial charge in [0.05, 0.1) is 13.2 Å². The van der Waals surface area contributed by atoms with Crippen molar-refractivity contribution in [1.82, 2.24) is 4.90 Å². The number of aliphatic hydroxyl groups is 1. The van der Waals surface area contributed by atoms with Gasteiger partial charge in [-0.25, -0.2) is 8.78 Å². The summed E-state index contributed by atoms with van der Waals surface area (Å²) in [7, 11) is 0. The highest BCUT2D eigenvalue weighted by atomic mass is 19.3. The van der Waals surface area contributed by atoms with Gasteiger partial charge in [-0.1, -0.05) is 67.6 Å². The third-order valence-electron chi connectivity index (χ3n) is 5.70. The SMILES string of the molecule is C[C@H]1CN2C(=O)[C@H](OCc3ccccc3)[C@@H](OCc3ccccc3)[C@@]2(O)C1(F)F. The molecule has 4 rings (SSSR count). The number of amides is 1. The van der Waals surface area contributed by atoms with Crippen LogP contribution in [0.25, 0.3) is 0 Å². The number of carbonyl (C=O) groups excluding carboxylic acids is 1. The first-order chi connectivity index (χ1) is 13.9. The van der Waals surface area contributed by atoms with Gasteiger partial charge >= 0.3 is 5.92 Å². The lowest BCUT2D eigenvalue weighted by Crippen LogP contribution is -2.60. The normalized spacial score (nSPS) is 30.6. The highest BCUT2D eigenvalue weighted by Gasteiger charge is 2.76. The minimum atomic E-state index is -3.52. The van der Waals surface area contributed by atoms with Gasteiger partial charge in [-0.15, -0.1) is 0 Å². The van der Waals surface area contributed by atoms with Gasteiger partial charge in [0.1, 0.15) is 6.10 Å². The number of ether oxygens (including phenoxy) is 2. The van der Waals surface area contributed by atoms with Crippen LogP contribution >= 0.6 is 0 Å². The molecule has 2 aliphatic heterocycles. The van der Waals surface area contributed by atoms with Crippen LogP contribution < -0.4 is 0 Å². The number of carbonyl (C=O) groups is 1. The molecule has 1 N–H and O–H groups in total. The van der Waals surface area contributed by atoms with Gasteiger partial charge in [0.2, 0.25) is 5.72 Å². The van der Waals surface area contributed by atoms with Crippen LogP contribution in [0.3, 0.4) is 0 Å². The lowest BCUT2D eigenvalue weighted by Gasteiger charge is -2.36. The number of nitrogens with zero attached hydrogens (tertiary/aromatic N) is 1. The van der Waals surface area contributed by atoms with Crippen LogP contribution in [0.5, 0.6) is 0 Å². The monoisotopic (exact) mass is 403 g/mol. The maximum atomic E-state index is 15.0. The highest BCUT2D eigenvalue weighted by Crippen LogP contribution is 2.52. The van der Waals surface area contributed by atoms with Crippen LogP contribution in [0.1, 0.15) is 18.1 Å². The minimum absolute atomic E-state index is 0.0232. The summed E-state index contributed by atoms with van der Waals surface area (Å²) in [6.45, 7) is 1.09. The van der Waals surface area contributed by atoms with Crippen molar-refractivity contribution in [2.75, 3.05) is 6.54 Å². The van der Waals surface area contributed by atoms with E-state index in [-0.39, 0.29) is 19.8 Å². The fourth-order valence-electron chi connectivity index (χ4n) is 4.05. The van der Waals surface area contributed by atoms with Crippen LogP contribution in [-0.4, -0.2) is 46.3 Å². The minimum Gasteiger partial charge on any atom is -0.365 e. The Morgan fingerprint density at radius 2 is 1.52 bits per heavy atom. The Morgan fingerprint density at radius 3 is 2.07 bits per heavy atom. The van der Waals surface area contributed by atoms with E-state index in [4.69, 9.17) is 9.47 Å². The molecule has 2 aromatic carbocycles. The van der Waals surface area contributed by atoms with E-state index in [0.717, 1.165) is 16.0 Å². The van der Waals surface area contributed by atoms with E-state index < -0.39 is 35.7 Å². The molecule has 0 unspecified atom stereocenters. The summed E-state index contributed by atoms with van der Waals surface area (Å²) in [5.41, 5.74) is -1.20. The zero-order chi connectivity index (χ0) is 20.6. The van der Waals surface area contributed by atoms with Crippen LogP contribution in [0.2, 0.25) is 0 Å². The number of benzene rings is 2. The van der Waals surface area contributed by atoms with Gasteiger partial charge in [-0.3, -0.25) is 4.79 Å². The van der Waals surface area contributed by atoms with Gasteiger partial charge < -0.3 is 19.5 Å². The Hall–Kier alpha value is -2.35. The van der Waals surface area contributed by atoms with Crippen molar-refractivity contribution in [2.45, 2.75) is 44.0 Å². The number of halogens is 2. The van der Waals surface area contributed by atoms with Crippen LogP contribution in [0, 0.1) is 5.92 Å². The summed E-state index contributed by atoms with van der Waals surface area (Å²) in [5.74, 6) is -5.38. The molecule has 0 bridgehead atoms. The molecule has 0 aliphatic carbocycles. The van der Waals surface area contributed by atoms with Crippen molar-refractivity contribution in [3.05, 3.63) is 71.8 Å². The molecule has 29 heavy (non-hydrogen) atoms. The molecule has 4 atom stereocenters. The summed E-state index contributed by atoms with van der Waals surface area (Å²) in [5, 5.41) is 11.1.